The van der Waals surface area contributed by atoms with Crippen LogP contribution in [0.1, 0.15) is 23.1 Å². The van der Waals surface area contributed by atoms with Gasteiger partial charge in [0.15, 0.2) is 11.3 Å². The maximum absolute atomic E-state index is 11.8. The first-order valence-electron chi connectivity index (χ1n) is 5.15. The van der Waals surface area contributed by atoms with Crippen molar-refractivity contribution in [3.63, 3.8) is 0 Å². The van der Waals surface area contributed by atoms with Crippen LogP contribution in [0.4, 0.5) is 5.69 Å². The zero-order chi connectivity index (χ0) is 12.6. The number of ether oxygens (including phenoxy) is 1. The van der Waals surface area contributed by atoms with E-state index in [0.717, 1.165) is 4.47 Å². The van der Waals surface area contributed by atoms with Gasteiger partial charge < -0.3 is 10.5 Å². The van der Waals surface area contributed by atoms with Crippen LogP contribution < -0.4 is 5.73 Å². The van der Waals surface area contributed by atoms with E-state index in [-0.39, 0.29) is 0 Å². The summed E-state index contributed by atoms with van der Waals surface area (Å²) >= 11 is 3.33. The van der Waals surface area contributed by atoms with E-state index in [1.807, 2.05) is 0 Å². The van der Waals surface area contributed by atoms with Gasteiger partial charge in [-0.1, -0.05) is 0 Å². The minimum absolute atomic E-state index is 0.328. The van der Waals surface area contributed by atoms with Crippen LogP contribution >= 0.6 is 15.9 Å². The molecule has 0 bridgehead atoms. The summed E-state index contributed by atoms with van der Waals surface area (Å²) in [6, 6.07) is 1.75. The Morgan fingerprint density at radius 1 is 1.65 bits per heavy atom. The number of aryl methyl sites for hydroxylation is 1. The molecular formula is C11H12BrN3O2. The van der Waals surface area contributed by atoms with E-state index in [1.165, 1.54) is 0 Å². The monoisotopic (exact) mass is 297 g/mol. The van der Waals surface area contributed by atoms with E-state index < -0.39 is 5.97 Å². The first-order chi connectivity index (χ1) is 8.04. The predicted molar refractivity (Wildman–Crippen MR) is 68.0 cm³/mol. The number of pyridine rings is 1. The van der Waals surface area contributed by atoms with Gasteiger partial charge in [-0.3, -0.25) is 4.40 Å². The van der Waals surface area contributed by atoms with Crippen molar-refractivity contribution in [3.8, 4) is 0 Å². The number of anilines is 1. The van der Waals surface area contributed by atoms with Gasteiger partial charge in [-0.05, 0) is 35.8 Å². The molecule has 2 N–H and O–H groups in total. The van der Waals surface area contributed by atoms with Gasteiger partial charge in [0.1, 0.15) is 0 Å². The lowest BCUT2D eigenvalue weighted by molar-refractivity contribution is 0.0517. The van der Waals surface area contributed by atoms with Crippen molar-refractivity contribution in [1.82, 2.24) is 9.38 Å². The number of aromatic nitrogens is 2. The van der Waals surface area contributed by atoms with Crippen LogP contribution in [-0.2, 0) is 4.74 Å². The largest absolute Gasteiger partial charge is 0.461 e. The van der Waals surface area contributed by atoms with Gasteiger partial charge in [0.2, 0.25) is 0 Å². The summed E-state index contributed by atoms with van der Waals surface area (Å²) in [6.45, 7) is 3.85. The van der Waals surface area contributed by atoms with E-state index in [2.05, 4.69) is 20.9 Å². The molecule has 6 heteroatoms. The average Bonchev–Trinajstić information content (AvgIpc) is 2.55. The number of esters is 1. The SMILES string of the molecule is CCOC(=O)c1c(C)nc2c(N)cc(Br)cn12. The molecule has 0 unspecified atom stereocenters. The molecule has 0 aliphatic heterocycles. The molecule has 0 atom stereocenters. The van der Waals surface area contributed by atoms with Gasteiger partial charge in [0.05, 0.1) is 18.0 Å². The summed E-state index contributed by atoms with van der Waals surface area (Å²) < 4.78 is 7.43. The fourth-order valence-electron chi connectivity index (χ4n) is 1.69. The number of nitrogen functional groups attached to an aromatic ring is 1. The van der Waals surface area contributed by atoms with E-state index in [9.17, 15) is 4.79 Å². The van der Waals surface area contributed by atoms with Gasteiger partial charge in [-0.2, -0.15) is 0 Å². The van der Waals surface area contributed by atoms with Crippen molar-refractivity contribution in [1.29, 1.82) is 0 Å². The Morgan fingerprint density at radius 3 is 3.00 bits per heavy atom. The molecule has 0 saturated carbocycles. The minimum Gasteiger partial charge on any atom is -0.461 e. The molecule has 2 rings (SSSR count). The zero-order valence-electron chi connectivity index (χ0n) is 9.53. The molecule has 90 valence electrons. The quantitative estimate of drug-likeness (QED) is 0.863. The fraction of sp³-hybridized carbons (Fsp3) is 0.273. The third-order valence-corrected chi connectivity index (χ3v) is 2.79. The van der Waals surface area contributed by atoms with E-state index >= 15 is 0 Å². The lowest BCUT2D eigenvalue weighted by atomic mass is 10.3. The number of hydrogen-bond donors (Lipinski definition) is 1. The second-order valence-electron chi connectivity index (χ2n) is 3.57. The second-order valence-corrected chi connectivity index (χ2v) is 4.49. The number of carbonyl (C=O) groups excluding carboxylic acids is 1. The number of fused-ring (bicyclic) bond motifs is 1. The van der Waals surface area contributed by atoms with Crippen LogP contribution in [-0.4, -0.2) is 22.0 Å². The highest BCUT2D eigenvalue weighted by Crippen LogP contribution is 2.22. The molecule has 5 nitrogen and oxygen atoms in total. The summed E-state index contributed by atoms with van der Waals surface area (Å²) in [6.07, 6.45) is 1.75. The molecule has 0 amide bonds. The summed E-state index contributed by atoms with van der Waals surface area (Å²) in [4.78, 5) is 16.1. The van der Waals surface area contributed by atoms with Crippen molar-refractivity contribution >= 4 is 33.2 Å². The van der Waals surface area contributed by atoms with Crippen molar-refractivity contribution in [3.05, 3.63) is 28.1 Å². The highest BCUT2D eigenvalue weighted by molar-refractivity contribution is 9.10. The van der Waals surface area contributed by atoms with Crippen LogP contribution in [0.15, 0.2) is 16.7 Å². The van der Waals surface area contributed by atoms with Gasteiger partial charge in [0.25, 0.3) is 0 Å². The lowest BCUT2D eigenvalue weighted by Gasteiger charge is -2.04. The normalized spacial score (nSPS) is 10.8. The van der Waals surface area contributed by atoms with Crippen LogP contribution in [0.5, 0.6) is 0 Å². The van der Waals surface area contributed by atoms with Gasteiger partial charge >= 0.3 is 5.97 Å². The topological polar surface area (TPSA) is 69.6 Å². The second kappa shape index (κ2) is 4.37. The number of rotatable bonds is 2. The predicted octanol–water partition coefficient (Wildman–Crippen LogP) is 2.16. The van der Waals surface area contributed by atoms with Crippen LogP contribution in [0.3, 0.4) is 0 Å². The molecule has 0 spiro atoms. The third kappa shape index (κ3) is 2.00. The molecule has 2 aromatic rings. The smallest absolute Gasteiger partial charge is 0.357 e. The van der Waals surface area contributed by atoms with Gasteiger partial charge in [-0.25, -0.2) is 9.78 Å². The Labute approximate surface area is 107 Å². The molecule has 0 saturated heterocycles. The Hall–Kier alpha value is -1.56. The standard InChI is InChI=1S/C11H12BrN3O2/c1-3-17-11(16)9-6(2)14-10-8(13)4-7(12)5-15(9)10/h4-5H,3,13H2,1-2H3. The summed E-state index contributed by atoms with van der Waals surface area (Å²) in [5.74, 6) is -0.394. The van der Waals surface area contributed by atoms with Crippen LogP contribution in [0.25, 0.3) is 5.65 Å². The molecule has 2 heterocycles. The molecule has 0 aromatic carbocycles. The molecule has 0 aliphatic rings. The number of nitrogens with two attached hydrogens (primary N) is 1. The molecule has 0 radical (unpaired) electrons. The first-order valence-corrected chi connectivity index (χ1v) is 5.94. The number of hydrogen-bond acceptors (Lipinski definition) is 4. The number of nitrogens with zero attached hydrogens (tertiary/aromatic N) is 2. The number of imidazole rings is 1. The van der Waals surface area contributed by atoms with Gasteiger partial charge in [0, 0.05) is 10.7 Å². The Morgan fingerprint density at radius 2 is 2.35 bits per heavy atom. The first kappa shape index (κ1) is 11.9. The van der Waals surface area contributed by atoms with Crippen molar-refractivity contribution in [2.75, 3.05) is 12.3 Å². The molecule has 2 aromatic heterocycles. The van der Waals surface area contributed by atoms with Crippen molar-refractivity contribution < 1.29 is 9.53 Å². The number of carbonyl (C=O) groups is 1. The fourth-order valence-corrected chi connectivity index (χ4v) is 2.15. The van der Waals surface area contributed by atoms with Crippen molar-refractivity contribution in [2.45, 2.75) is 13.8 Å². The Kier molecular flexibility index (Phi) is 3.06. The molecule has 0 fully saturated rings. The van der Waals surface area contributed by atoms with E-state index in [0.29, 0.717) is 29.3 Å². The van der Waals surface area contributed by atoms with Crippen molar-refractivity contribution in [2.24, 2.45) is 0 Å². The summed E-state index contributed by atoms with van der Waals surface area (Å²) in [5.41, 5.74) is 7.94. The minimum atomic E-state index is -0.394. The zero-order valence-corrected chi connectivity index (χ0v) is 11.1. The summed E-state index contributed by atoms with van der Waals surface area (Å²) in [5, 5.41) is 0. The molecular weight excluding hydrogens is 286 g/mol. The third-order valence-electron chi connectivity index (χ3n) is 2.36. The maximum atomic E-state index is 11.8. The summed E-state index contributed by atoms with van der Waals surface area (Å²) in [7, 11) is 0. The van der Waals surface area contributed by atoms with Crippen LogP contribution in [0, 0.1) is 6.92 Å². The number of halogens is 1. The van der Waals surface area contributed by atoms with Gasteiger partial charge in [-0.15, -0.1) is 0 Å². The molecule has 0 aliphatic carbocycles. The maximum Gasteiger partial charge on any atom is 0.357 e. The Balaban J connectivity index is 2.70. The van der Waals surface area contributed by atoms with E-state index in [4.69, 9.17) is 10.5 Å². The molecule has 17 heavy (non-hydrogen) atoms. The highest BCUT2D eigenvalue weighted by atomic mass is 79.9. The Bertz CT molecular complexity index is 592. The van der Waals surface area contributed by atoms with E-state index in [1.54, 1.807) is 30.5 Å². The van der Waals surface area contributed by atoms with Crippen LogP contribution in [0.2, 0.25) is 0 Å². The lowest BCUT2D eigenvalue weighted by Crippen LogP contribution is -2.09. The highest BCUT2D eigenvalue weighted by Gasteiger charge is 2.19. The average molecular weight is 298 g/mol.